The van der Waals surface area contributed by atoms with Crippen LogP contribution in [0.4, 0.5) is 14.9 Å². The Balaban J connectivity index is 1.35. The van der Waals surface area contributed by atoms with Crippen molar-refractivity contribution in [3.63, 3.8) is 0 Å². The van der Waals surface area contributed by atoms with Gasteiger partial charge in [0, 0.05) is 0 Å². The number of amides is 4. The summed E-state index contributed by atoms with van der Waals surface area (Å²) in [5.41, 5.74) is 1.09. The summed E-state index contributed by atoms with van der Waals surface area (Å²) in [7, 11) is 0. The highest BCUT2D eigenvalue weighted by molar-refractivity contribution is 6.39. The van der Waals surface area contributed by atoms with Crippen LogP contribution in [0.3, 0.4) is 0 Å². The highest BCUT2D eigenvalue weighted by Gasteiger charge is 2.37. The molecule has 1 heterocycles. The first-order chi connectivity index (χ1) is 17.0. The van der Waals surface area contributed by atoms with Crippen LogP contribution in [0, 0.1) is 5.82 Å². The normalized spacial score (nSPS) is 14.9. The minimum Gasteiger partial charge on any atom is -0.489 e. The Morgan fingerprint density at radius 3 is 2.34 bits per heavy atom. The third kappa shape index (κ3) is 4.39. The maximum Gasteiger partial charge on any atom is 0.336 e. The van der Waals surface area contributed by atoms with E-state index in [9.17, 15) is 18.8 Å². The number of rotatable bonds is 5. The molecule has 0 radical (unpaired) electrons. The number of hydrogen-bond donors (Lipinski definition) is 1. The van der Waals surface area contributed by atoms with E-state index < -0.39 is 23.7 Å². The fourth-order valence-corrected chi connectivity index (χ4v) is 3.92. The van der Waals surface area contributed by atoms with Gasteiger partial charge in [-0.25, -0.2) is 14.1 Å². The number of carbonyl (C=O) groups is 3. The molecule has 4 aromatic rings. The van der Waals surface area contributed by atoms with Gasteiger partial charge in [-0.3, -0.25) is 14.9 Å². The fourth-order valence-electron chi connectivity index (χ4n) is 3.92. The number of ether oxygens (including phenoxy) is 1. The number of para-hydroxylation sites is 1. The number of barbiturate groups is 1. The predicted octanol–water partition coefficient (Wildman–Crippen LogP) is 5.22. The Kier molecular flexibility index (Phi) is 5.81. The van der Waals surface area contributed by atoms with Crippen LogP contribution in [-0.2, 0) is 16.2 Å². The Morgan fingerprint density at radius 1 is 0.829 bits per heavy atom. The van der Waals surface area contributed by atoms with Gasteiger partial charge in [0.25, 0.3) is 11.8 Å². The highest BCUT2D eigenvalue weighted by Crippen LogP contribution is 2.25. The van der Waals surface area contributed by atoms with E-state index in [-0.39, 0.29) is 11.3 Å². The predicted molar refractivity (Wildman–Crippen MR) is 130 cm³/mol. The molecule has 7 heteroatoms. The Morgan fingerprint density at radius 2 is 1.54 bits per heavy atom. The average molecular weight is 466 g/mol. The first-order valence-corrected chi connectivity index (χ1v) is 10.9. The molecule has 0 saturated carbocycles. The number of benzene rings is 4. The molecule has 6 nitrogen and oxygen atoms in total. The molecule has 0 atom stereocenters. The molecule has 4 aromatic carbocycles. The third-order valence-corrected chi connectivity index (χ3v) is 5.66. The van der Waals surface area contributed by atoms with E-state index in [4.69, 9.17) is 4.74 Å². The average Bonchev–Trinajstić information content (AvgIpc) is 2.87. The summed E-state index contributed by atoms with van der Waals surface area (Å²) in [4.78, 5) is 38.1. The second-order valence-corrected chi connectivity index (χ2v) is 7.91. The molecule has 0 unspecified atom stereocenters. The molecule has 0 spiro atoms. The van der Waals surface area contributed by atoms with Gasteiger partial charge in [0.2, 0.25) is 0 Å². The van der Waals surface area contributed by atoms with Crippen LogP contribution < -0.4 is 15.0 Å². The van der Waals surface area contributed by atoms with E-state index in [0.717, 1.165) is 22.4 Å². The summed E-state index contributed by atoms with van der Waals surface area (Å²) >= 11 is 0. The van der Waals surface area contributed by atoms with Crippen LogP contribution in [0.5, 0.6) is 5.75 Å². The number of imide groups is 2. The van der Waals surface area contributed by atoms with Crippen molar-refractivity contribution in [1.29, 1.82) is 0 Å². The lowest BCUT2D eigenvalue weighted by atomic mass is 10.1. The van der Waals surface area contributed by atoms with Gasteiger partial charge in [0.1, 0.15) is 23.7 Å². The maximum atomic E-state index is 14.2. The van der Waals surface area contributed by atoms with Crippen LogP contribution in [0.2, 0.25) is 0 Å². The van der Waals surface area contributed by atoms with Gasteiger partial charge in [0.15, 0.2) is 0 Å². The van der Waals surface area contributed by atoms with Gasteiger partial charge >= 0.3 is 6.03 Å². The highest BCUT2D eigenvalue weighted by atomic mass is 19.1. The standard InChI is InChI=1S/C28H19FN2O4/c29-24-10-3-4-11-25(24)31-27(33)23(26(32)30-28(31)34)16-18-12-14-21(15-13-18)35-17-20-8-5-7-19-6-1-2-9-22(19)20/h1-16H,17H2,(H,30,32,34)/b23-16-. The van der Waals surface area contributed by atoms with Crippen molar-refractivity contribution in [2.45, 2.75) is 6.61 Å². The molecule has 1 N–H and O–H groups in total. The van der Waals surface area contributed by atoms with Gasteiger partial charge in [-0.15, -0.1) is 0 Å². The zero-order valence-corrected chi connectivity index (χ0v) is 18.4. The number of fused-ring (bicyclic) bond motifs is 1. The number of anilines is 1. The summed E-state index contributed by atoms with van der Waals surface area (Å²) in [6, 6.07) is 25.3. The molecule has 1 aliphatic rings. The lowest BCUT2D eigenvalue weighted by Crippen LogP contribution is -2.54. The van der Waals surface area contributed by atoms with Gasteiger partial charge in [0.05, 0.1) is 5.69 Å². The lowest BCUT2D eigenvalue weighted by molar-refractivity contribution is -0.122. The molecular formula is C28H19FN2O4. The zero-order valence-electron chi connectivity index (χ0n) is 18.4. The summed E-state index contributed by atoms with van der Waals surface area (Å²) in [5, 5.41) is 4.34. The molecule has 0 aromatic heterocycles. The second kappa shape index (κ2) is 9.23. The molecule has 35 heavy (non-hydrogen) atoms. The van der Waals surface area contributed by atoms with Crippen molar-refractivity contribution >= 4 is 40.4 Å². The summed E-state index contributed by atoms with van der Waals surface area (Å²) in [6.45, 7) is 0.377. The van der Waals surface area contributed by atoms with Crippen molar-refractivity contribution in [1.82, 2.24) is 5.32 Å². The van der Waals surface area contributed by atoms with Crippen molar-refractivity contribution in [3.8, 4) is 5.75 Å². The van der Waals surface area contributed by atoms with E-state index >= 15 is 0 Å². The minimum absolute atomic E-state index is 0.231. The van der Waals surface area contributed by atoms with Crippen LogP contribution in [0.25, 0.3) is 16.8 Å². The van der Waals surface area contributed by atoms with Crippen molar-refractivity contribution in [2.75, 3.05) is 4.90 Å². The van der Waals surface area contributed by atoms with E-state index in [1.807, 2.05) is 42.5 Å². The van der Waals surface area contributed by atoms with Crippen molar-refractivity contribution < 1.29 is 23.5 Å². The van der Waals surface area contributed by atoms with E-state index in [2.05, 4.69) is 5.32 Å². The fraction of sp³-hybridized carbons (Fsp3) is 0.0357. The summed E-state index contributed by atoms with van der Waals surface area (Å²) < 4.78 is 20.1. The Labute approximate surface area is 200 Å². The van der Waals surface area contributed by atoms with Gasteiger partial charge in [-0.1, -0.05) is 66.7 Å². The Hall–Kier alpha value is -4.78. The molecular weight excluding hydrogens is 447 g/mol. The first kappa shape index (κ1) is 22.0. The number of urea groups is 1. The quantitative estimate of drug-likeness (QED) is 0.323. The number of carbonyl (C=O) groups excluding carboxylic acids is 3. The molecule has 172 valence electrons. The largest absolute Gasteiger partial charge is 0.489 e. The smallest absolute Gasteiger partial charge is 0.336 e. The maximum absolute atomic E-state index is 14.2. The van der Waals surface area contributed by atoms with Gasteiger partial charge in [-0.2, -0.15) is 0 Å². The minimum atomic E-state index is -1.00. The topological polar surface area (TPSA) is 75.7 Å². The van der Waals surface area contributed by atoms with Crippen LogP contribution in [0.15, 0.2) is 96.6 Å². The van der Waals surface area contributed by atoms with Crippen molar-refractivity contribution in [2.24, 2.45) is 0 Å². The Bertz CT molecular complexity index is 1490. The molecule has 0 bridgehead atoms. The third-order valence-electron chi connectivity index (χ3n) is 5.66. The van der Waals surface area contributed by atoms with Gasteiger partial charge < -0.3 is 4.74 Å². The lowest BCUT2D eigenvalue weighted by Gasteiger charge is -2.26. The number of nitrogens with zero attached hydrogens (tertiary/aromatic N) is 1. The molecule has 1 fully saturated rings. The van der Waals surface area contributed by atoms with Crippen LogP contribution >= 0.6 is 0 Å². The molecule has 1 aliphatic heterocycles. The van der Waals surface area contributed by atoms with Crippen LogP contribution in [-0.4, -0.2) is 17.8 Å². The zero-order chi connectivity index (χ0) is 24.4. The van der Waals surface area contributed by atoms with Crippen LogP contribution in [0.1, 0.15) is 11.1 Å². The second-order valence-electron chi connectivity index (χ2n) is 7.91. The van der Waals surface area contributed by atoms with E-state index in [0.29, 0.717) is 22.8 Å². The number of hydrogen-bond acceptors (Lipinski definition) is 4. The van der Waals surface area contributed by atoms with E-state index in [1.165, 1.54) is 24.3 Å². The number of nitrogens with one attached hydrogen (secondary N) is 1. The monoisotopic (exact) mass is 466 g/mol. The molecule has 4 amide bonds. The summed E-state index contributed by atoms with van der Waals surface area (Å²) in [5.74, 6) is -1.89. The van der Waals surface area contributed by atoms with Crippen molar-refractivity contribution in [3.05, 3.63) is 114 Å². The summed E-state index contributed by atoms with van der Waals surface area (Å²) in [6.07, 6.45) is 1.35. The van der Waals surface area contributed by atoms with E-state index in [1.54, 1.807) is 24.3 Å². The molecule has 5 rings (SSSR count). The first-order valence-electron chi connectivity index (χ1n) is 10.9. The SMILES string of the molecule is O=C1NC(=O)N(c2ccccc2F)C(=O)/C1=C\c1ccc(OCc2cccc3ccccc23)cc1. The number of halogens is 1. The molecule has 1 saturated heterocycles. The molecule has 0 aliphatic carbocycles. The van der Waals surface area contributed by atoms with Gasteiger partial charge in [-0.05, 0) is 52.2 Å².